The zero-order valence-electron chi connectivity index (χ0n) is 8.96. The summed E-state index contributed by atoms with van der Waals surface area (Å²) >= 11 is 5.57. The first-order valence-electron chi connectivity index (χ1n) is 4.78. The third-order valence-electron chi connectivity index (χ3n) is 1.93. The fourth-order valence-electron chi connectivity index (χ4n) is 1.14. The number of halogens is 1. The van der Waals surface area contributed by atoms with Gasteiger partial charge in [-0.3, -0.25) is 9.59 Å². The molecule has 1 aromatic heterocycles. The van der Waals surface area contributed by atoms with Crippen LogP contribution >= 0.6 is 11.6 Å². The van der Waals surface area contributed by atoms with E-state index in [4.69, 9.17) is 21.8 Å². The van der Waals surface area contributed by atoms with Crippen LogP contribution in [0.4, 0.5) is 0 Å². The summed E-state index contributed by atoms with van der Waals surface area (Å²) in [6.07, 6.45) is -0.721. The van der Waals surface area contributed by atoms with Crippen molar-refractivity contribution in [2.45, 2.75) is 12.5 Å². The molecule has 0 radical (unpaired) electrons. The lowest BCUT2D eigenvalue weighted by Gasteiger charge is -2.11. The van der Waals surface area contributed by atoms with Gasteiger partial charge >= 0.3 is 11.9 Å². The third-order valence-corrected chi connectivity index (χ3v) is 2.14. The van der Waals surface area contributed by atoms with Crippen molar-refractivity contribution in [1.82, 2.24) is 10.3 Å². The van der Waals surface area contributed by atoms with Crippen molar-refractivity contribution in [2.24, 2.45) is 0 Å². The number of nitrogens with one attached hydrogen (secondary N) is 1. The monoisotopic (exact) mass is 272 g/mol. The Labute approximate surface area is 106 Å². The summed E-state index contributed by atoms with van der Waals surface area (Å²) in [4.78, 5) is 36.5. The van der Waals surface area contributed by atoms with Gasteiger partial charge < -0.3 is 15.5 Å². The number of carbonyl (C=O) groups is 3. The predicted molar refractivity (Wildman–Crippen MR) is 60.4 cm³/mol. The van der Waals surface area contributed by atoms with E-state index >= 15 is 0 Å². The van der Waals surface area contributed by atoms with Crippen LogP contribution in [0.5, 0.6) is 0 Å². The Morgan fingerprint density at radius 3 is 2.50 bits per heavy atom. The number of amides is 1. The van der Waals surface area contributed by atoms with E-state index < -0.39 is 30.3 Å². The molecule has 0 unspecified atom stereocenters. The average Bonchev–Trinajstić information content (AvgIpc) is 2.27. The van der Waals surface area contributed by atoms with E-state index in [9.17, 15) is 14.4 Å². The largest absolute Gasteiger partial charge is 0.481 e. The van der Waals surface area contributed by atoms with Gasteiger partial charge in [0.1, 0.15) is 16.9 Å². The van der Waals surface area contributed by atoms with Gasteiger partial charge in [0.05, 0.1) is 6.42 Å². The Balaban J connectivity index is 2.78. The number of aliphatic carboxylic acids is 2. The molecule has 0 spiro atoms. The molecule has 0 saturated heterocycles. The van der Waals surface area contributed by atoms with Crippen LogP contribution in [0, 0.1) is 0 Å². The number of carboxylic acids is 2. The molecule has 1 atom stereocenters. The summed E-state index contributed by atoms with van der Waals surface area (Å²) in [7, 11) is 0. The third kappa shape index (κ3) is 4.02. The quantitative estimate of drug-likeness (QED) is 0.668. The van der Waals surface area contributed by atoms with Crippen LogP contribution in [-0.4, -0.2) is 39.1 Å². The Bertz CT molecular complexity index is 491. The summed E-state index contributed by atoms with van der Waals surface area (Å²) < 4.78 is 0. The number of carboxylic acid groups (broad SMARTS) is 2. The smallest absolute Gasteiger partial charge is 0.326 e. The van der Waals surface area contributed by atoms with Gasteiger partial charge in [0, 0.05) is 0 Å². The molecule has 0 bridgehead atoms. The molecule has 0 aromatic carbocycles. The van der Waals surface area contributed by atoms with E-state index in [2.05, 4.69) is 10.3 Å². The summed E-state index contributed by atoms with van der Waals surface area (Å²) in [6.45, 7) is 0. The summed E-state index contributed by atoms with van der Waals surface area (Å²) in [5.41, 5.74) is -0.0841. The van der Waals surface area contributed by atoms with Gasteiger partial charge in [0.2, 0.25) is 0 Å². The molecular formula is C10H9ClN2O5. The first-order valence-corrected chi connectivity index (χ1v) is 5.16. The molecule has 7 nitrogen and oxygen atoms in total. The van der Waals surface area contributed by atoms with Gasteiger partial charge in [0.15, 0.2) is 0 Å². The normalized spacial score (nSPS) is 11.6. The SMILES string of the molecule is O=C(O)C[C@H](NC(=O)c1cccc(Cl)n1)C(=O)O. The highest BCUT2D eigenvalue weighted by atomic mass is 35.5. The number of carbonyl (C=O) groups excluding carboxylic acids is 1. The fourth-order valence-corrected chi connectivity index (χ4v) is 1.31. The number of aromatic nitrogens is 1. The van der Waals surface area contributed by atoms with Crippen LogP contribution < -0.4 is 5.32 Å². The van der Waals surface area contributed by atoms with Gasteiger partial charge in [0.25, 0.3) is 5.91 Å². The Hall–Kier alpha value is -2.15. The minimum absolute atomic E-state index is 0.0766. The Kier molecular flexibility index (Phi) is 4.61. The van der Waals surface area contributed by atoms with Crippen molar-refractivity contribution in [3.63, 3.8) is 0 Å². The van der Waals surface area contributed by atoms with Crippen molar-refractivity contribution in [3.8, 4) is 0 Å². The van der Waals surface area contributed by atoms with E-state index in [1.165, 1.54) is 18.2 Å². The van der Waals surface area contributed by atoms with Crippen LogP contribution in [0.2, 0.25) is 5.15 Å². The molecule has 1 rings (SSSR count). The van der Waals surface area contributed by atoms with E-state index in [0.717, 1.165) is 0 Å². The van der Waals surface area contributed by atoms with Crippen molar-refractivity contribution in [1.29, 1.82) is 0 Å². The first kappa shape index (κ1) is 13.9. The van der Waals surface area contributed by atoms with Crippen molar-refractivity contribution >= 4 is 29.4 Å². The van der Waals surface area contributed by atoms with Crippen LogP contribution in [0.15, 0.2) is 18.2 Å². The molecule has 18 heavy (non-hydrogen) atoms. The standard InChI is InChI=1S/C10H9ClN2O5/c11-7-3-1-2-5(12-7)9(16)13-6(10(17)18)4-8(14)15/h1-3,6H,4H2,(H,13,16)(H,14,15)(H,17,18)/t6-/m0/s1. The zero-order valence-corrected chi connectivity index (χ0v) is 9.72. The molecule has 3 N–H and O–H groups in total. The molecule has 0 fully saturated rings. The van der Waals surface area contributed by atoms with E-state index in [1.807, 2.05) is 0 Å². The van der Waals surface area contributed by atoms with Gasteiger partial charge in [-0.25, -0.2) is 9.78 Å². The number of nitrogens with zero attached hydrogens (tertiary/aromatic N) is 1. The molecule has 96 valence electrons. The van der Waals surface area contributed by atoms with E-state index in [-0.39, 0.29) is 10.8 Å². The predicted octanol–water partition coefficient (Wildman–Crippen LogP) is 0.393. The molecule has 8 heteroatoms. The van der Waals surface area contributed by atoms with Gasteiger partial charge in [-0.1, -0.05) is 17.7 Å². The van der Waals surface area contributed by atoms with Crippen molar-refractivity contribution < 1.29 is 24.6 Å². The maximum atomic E-state index is 11.6. The highest BCUT2D eigenvalue weighted by Crippen LogP contribution is 2.05. The summed E-state index contributed by atoms with van der Waals surface area (Å²) in [6, 6.07) is 2.73. The van der Waals surface area contributed by atoms with Crippen LogP contribution in [0.25, 0.3) is 0 Å². The van der Waals surface area contributed by atoms with E-state index in [0.29, 0.717) is 0 Å². The fraction of sp³-hybridized carbons (Fsp3) is 0.200. The minimum atomic E-state index is -1.52. The second-order valence-corrected chi connectivity index (χ2v) is 3.69. The minimum Gasteiger partial charge on any atom is -0.481 e. The lowest BCUT2D eigenvalue weighted by Crippen LogP contribution is -2.42. The number of pyridine rings is 1. The molecule has 1 aromatic rings. The second kappa shape index (κ2) is 5.97. The van der Waals surface area contributed by atoms with Crippen LogP contribution in [0.1, 0.15) is 16.9 Å². The topological polar surface area (TPSA) is 117 Å². The Morgan fingerprint density at radius 2 is 2.00 bits per heavy atom. The highest BCUT2D eigenvalue weighted by molar-refractivity contribution is 6.29. The number of hydrogen-bond donors (Lipinski definition) is 3. The molecule has 1 amide bonds. The number of hydrogen-bond acceptors (Lipinski definition) is 4. The van der Waals surface area contributed by atoms with E-state index in [1.54, 1.807) is 0 Å². The van der Waals surface area contributed by atoms with Crippen molar-refractivity contribution in [3.05, 3.63) is 29.0 Å². The molecule has 0 aliphatic heterocycles. The van der Waals surface area contributed by atoms with Crippen molar-refractivity contribution in [2.75, 3.05) is 0 Å². The lowest BCUT2D eigenvalue weighted by molar-refractivity contribution is -0.145. The molecule has 1 heterocycles. The molecule has 0 aliphatic carbocycles. The molecule has 0 saturated carbocycles. The van der Waals surface area contributed by atoms with Gasteiger partial charge in [-0.05, 0) is 12.1 Å². The molecule has 0 aliphatic rings. The maximum Gasteiger partial charge on any atom is 0.326 e. The summed E-state index contributed by atoms with van der Waals surface area (Å²) in [5, 5.41) is 19.4. The van der Waals surface area contributed by atoms with Gasteiger partial charge in [-0.2, -0.15) is 0 Å². The van der Waals surface area contributed by atoms with Crippen LogP contribution in [0.3, 0.4) is 0 Å². The van der Waals surface area contributed by atoms with Crippen LogP contribution in [-0.2, 0) is 9.59 Å². The number of rotatable bonds is 5. The lowest BCUT2D eigenvalue weighted by atomic mass is 10.2. The Morgan fingerprint density at radius 1 is 1.33 bits per heavy atom. The highest BCUT2D eigenvalue weighted by Gasteiger charge is 2.24. The zero-order chi connectivity index (χ0) is 13.7. The van der Waals surface area contributed by atoms with Gasteiger partial charge in [-0.15, -0.1) is 0 Å². The molecular weight excluding hydrogens is 264 g/mol. The summed E-state index contributed by atoms with van der Waals surface area (Å²) in [5.74, 6) is -3.57. The average molecular weight is 273 g/mol. The first-order chi connectivity index (χ1) is 8.40. The second-order valence-electron chi connectivity index (χ2n) is 3.31. The maximum absolute atomic E-state index is 11.6.